The van der Waals surface area contributed by atoms with Crippen molar-refractivity contribution < 1.29 is 4.79 Å². The number of halogens is 2. The second kappa shape index (κ2) is 8.52. The van der Waals surface area contributed by atoms with E-state index in [1.807, 2.05) is 36.4 Å². The zero-order chi connectivity index (χ0) is 18.9. The number of nitrogens with one attached hydrogen (secondary N) is 2. The minimum atomic E-state index is -0.0555. The number of imidazole rings is 1. The van der Waals surface area contributed by atoms with E-state index >= 15 is 0 Å². The lowest BCUT2D eigenvalue weighted by Crippen LogP contribution is -2.45. The topological polar surface area (TPSA) is 83.8 Å². The average Bonchev–Trinajstić information content (AvgIpc) is 3.16. The lowest BCUT2D eigenvalue weighted by Gasteiger charge is -2.40. The molecule has 0 atom stereocenters. The maximum absolute atomic E-state index is 12.6. The number of H-pyrrole nitrogens is 1. The van der Waals surface area contributed by atoms with E-state index in [1.54, 1.807) is 6.33 Å². The zero-order valence-electron chi connectivity index (χ0n) is 15.5. The molecule has 4 N–H and O–H groups in total. The van der Waals surface area contributed by atoms with Crippen LogP contribution in [0.2, 0.25) is 5.02 Å². The summed E-state index contributed by atoms with van der Waals surface area (Å²) in [5.74, 6) is -0.0482. The Kier molecular flexibility index (Phi) is 6.28. The minimum absolute atomic E-state index is 0. The van der Waals surface area contributed by atoms with Crippen LogP contribution in [-0.2, 0) is 5.41 Å². The predicted octanol–water partition coefficient (Wildman–Crippen LogP) is 4.21. The zero-order valence-corrected chi connectivity index (χ0v) is 17.0. The molecule has 148 valence electrons. The lowest BCUT2D eigenvalue weighted by atomic mass is 9.68. The third-order valence-electron chi connectivity index (χ3n) is 5.79. The number of fused-ring (bicyclic) bond motifs is 1. The molecule has 1 amide bonds. The third-order valence-corrected chi connectivity index (χ3v) is 6.02. The van der Waals surface area contributed by atoms with Gasteiger partial charge in [0.2, 0.25) is 0 Å². The first-order chi connectivity index (χ1) is 13.1. The maximum Gasteiger partial charge on any atom is 0.251 e. The highest BCUT2D eigenvalue weighted by Gasteiger charge is 2.36. The van der Waals surface area contributed by atoms with Crippen molar-refractivity contribution in [2.24, 2.45) is 5.73 Å². The number of nitrogens with two attached hydrogens (primary N) is 1. The van der Waals surface area contributed by atoms with Crippen LogP contribution in [0.4, 0.5) is 0 Å². The van der Waals surface area contributed by atoms with Gasteiger partial charge in [-0.05, 0) is 61.6 Å². The normalized spacial score (nSPS) is 21.9. The first kappa shape index (κ1) is 20.6. The summed E-state index contributed by atoms with van der Waals surface area (Å²) in [5, 5.41) is 3.91. The highest BCUT2D eigenvalue weighted by molar-refractivity contribution is 6.30. The summed E-state index contributed by atoms with van der Waals surface area (Å²) in [6.45, 7) is 0.587. The second-order valence-corrected chi connectivity index (χ2v) is 7.81. The van der Waals surface area contributed by atoms with Crippen molar-refractivity contribution in [3.63, 3.8) is 0 Å². The molecule has 0 saturated heterocycles. The quantitative estimate of drug-likeness (QED) is 0.593. The summed E-state index contributed by atoms with van der Waals surface area (Å²) in [6.07, 6.45) is 5.32. The number of nitrogens with zero attached hydrogens (tertiary/aromatic N) is 1. The first-order valence-corrected chi connectivity index (χ1v) is 9.68. The SMILES string of the molecule is Cl.NC[C@]1(c2cccc(Cl)c2)CC[C@H](NC(=O)c2ccc3[nH]cnc3c2)CC1. The summed E-state index contributed by atoms with van der Waals surface area (Å²) >= 11 is 6.18. The fourth-order valence-electron chi connectivity index (χ4n) is 4.09. The van der Waals surface area contributed by atoms with Gasteiger partial charge in [0.05, 0.1) is 17.4 Å². The van der Waals surface area contributed by atoms with Crippen LogP contribution in [0.15, 0.2) is 48.8 Å². The minimum Gasteiger partial charge on any atom is -0.349 e. The van der Waals surface area contributed by atoms with Crippen molar-refractivity contribution in [2.75, 3.05) is 6.54 Å². The van der Waals surface area contributed by atoms with E-state index < -0.39 is 0 Å². The Balaban J connectivity index is 0.00000225. The Morgan fingerprint density at radius 1 is 1.25 bits per heavy atom. The Hall–Kier alpha value is -2.08. The Bertz CT molecular complexity index is 964. The fraction of sp³-hybridized carbons (Fsp3) is 0.333. The van der Waals surface area contributed by atoms with E-state index in [-0.39, 0.29) is 29.8 Å². The number of carbonyl (C=O) groups is 1. The van der Waals surface area contributed by atoms with Gasteiger partial charge in [0, 0.05) is 28.6 Å². The van der Waals surface area contributed by atoms with Crippen LogP contribution >= 0.6 is 24.0 Å². The second-order valence-electron chi connectivity index (χ2n) is 7.38. The number of carbonyl (C=O) groups excluding carboxylic acids is 1. The fourth-order valence-corrected chi connectivity index (χ4v) is 4.28. The smallest absolute Gasteiger partial charge is 0.251 e. The standard InChI is InChI=1S/C21H23ClN4O.ClH/c22-16-3-1-2-15(11-16)21(12-23)8-6-17(7-9-21)26-20(27)14-4-5-18-19(10-14)25-13-24-18;/h1-5,10-11,13,17H,6-9,12,23H2,(H,24,25)(H,26,27);1H/t17-,21-;. The van der Waals surface area contributed by atoms with Gasteiger partial charge in [0.1, 0.15) is 0 Å². The summed E-state index contributed by atoms with van der Waals surface area (Å²) in [7, 11) is 0. The van der Waals surface area contributed by atoms with Gasteiger partial charge >= 0.3 is 0 Å². The molecular formula is C21H24Cl2N4O. The molecule has 1 saturated carbocycles. The highest BCUT2D eigenvalue weighted by atomic mass is 35.5. The molecular weight excluding hydrogens is 395 g/mol. The van der Waals surface area contributed by atoms with Crippen LogP contribution in [0.5, 0.6) is 0 Å². The Labute approximate surface area is 175 Å². The van der Waals surface area contributed by atoms with Crippen LogP contribution in [0, 0.1) is 0 Å². The molecule has 4 rings (SSSR count). The van der Waals surface area contributed by atoms with E-state index in [4.69, 9.17) is 17.3 Å². The summed E-state index contributed by atoms with van der Waals surface area (Å²) in [4.78, 5) is 19.9. The monoisotopic (exact) mass is 418 g/mol. The predicted molar refractivity (Wildman–Crippen MR) is 115 cm³/mol. The summed E-state index contributed by atoms with van der Waals surface area (Å²) < 4.78 is 0. The molecule has 1 heterocycles. The average molecular weight is 419 g/mol. The van der Waals surface area contributed by atoms with Gasteiger partial charge in [0.25, 0.3) is 5.91 Å². The number of hydrogen-bond acceptors (Lipinski definition) is 3. The van der Waals surface area contributed by atoms with E-state index in [0.29, 0.717) is 12.1 Å². The highest BCUT2D eigenvalue weighted by Crippen LogP contribution is 2.39. The number of aromatic amines is 1. The molecule has 2 aromatic carbocycles. The molecule has 0 radical (unpaired) electrons. The lowest BCUT2D eigenvalue weighted by molar-refractivity contribution is 0.0918. The van der Waals surface area contributed by atoms with E-state index in [2.05, 4.69) is 21.4 Å². The molecule has 1 aliphatic rings. The molecule has 5 nitrogen and oxygen atoms in total. The Morgan fingerprint density at radius 2 is 2.04 bits per heavy atom. The summed E-state index contributed by atoms with van der Waals surface area (Å²) in [5.41, 5.74) is 9.67. The molecule has 0 bridgehead atoms. The summed E-state index contributed by atoms with van der Waals surface area (Å²) in [6, 6.07) is 13.7. The number of amides is 1. The van der Waals surface area contributed by atoms with Crippen LogP contribution in [0.25, 0.3) is 11.0 Å². The third kappa shape index (κ3) is 4.02. The van der Waals surface area contributed by atoms with Crippen LogP contribution in [-0.4, -0.2) is 28.5 Å². The maximum atomic E-state index is 12.6. The van der Waals surface area contributed by atoms with Crippen LogP contribution < -0.4 is 11.1 Å². The molecule has 7 heteroatoms. The van der Waals surface area contributed by atoms with Crippen molar-refractivity contribution in [1.29, 1.82) is 0 Å². The molecule has 1 aromatic heterocycles. The number of hydrogen-bond donors (Lipinski definition) is 3. The van der Waals surface area contributed by atoms with Gasteiger partial charge in [-0.1, -0.05) is 23.7 Å². The van der Waals surface area contributed by atoms with Crippen molar-refractivity contribution in [1.82, 2.24) is 15.3 Å². The van der Waals surface area contributed by atoms with Crippen molar-refractivity contribution in [2.45, 2.75) is 37.1 Å². The van der Waals surface area contributed by atoms with Gasteiger partial charge in [-0.2, -0.15) is 0 Å². The Morgan fingerprint density at radius 3 is 2.75 bits per heavy atom. The molecule has 1 aliphatic carbocycles. The van der Waals surface area contributed by atoms with Crippen molar-refractivity contribution >= 4 is 40.9 Å². The molecule has 28 heavy (non-hydrogen) atoms. The molecule has 0 unspecified atom stereocenters. The van der Waals surface area contributed by atoms with E-state index in [0.717, 1.165) is 41.7 Å². The van der Waals surface area contributed by atoms with Gasteiger partial charge < -0.3 is 16.0 Å². The van der Waals surface area contributed by atoms with Crippen LogP contribution in [0.3, 0.4) is 0 Å². The number of benzene rings is 2. The van der Waals surface area contributed by atoms with Gasteiger partial charge in [-0.15, -0.1) is 12.4 Å². The van der Waals surface area contributed by atoms with Crippen molar-refractivity contribution in [3.8, 4) is 0 Å². The van der Waals surface area contributed by atoms with E-state index in [9.17, 15) is 4.79 Å². The number of aromatic nitrogens is 2. The molecule has 3 aromatic rings. The first-order valence-electron chi connectivity index (χ1n) is 9.30. The number of rotatable bonds is 4. The van der Waals surface area contributed by atoms with Gasteiger partial charge in [-0.25, -0.2) is 4.98 Å². The molecule has 1 fully saturated rings. The van der Waals surface area contributed by atoms with Gasteiger partial charge in [-0.3, -0.25) is 4.79 Å². The molecule has 0 spiro atoms. The molecule has 0 aliphatic heterocycles. The van der Waals surface area contributed by atoms with Crippen LogP contribution in [0.1, 0.15) is 41.6 Å². The largest absolute Gasteiger partial charge is 0.349 e. The van der Waals surface area contributed by atoms with Crippen molar-refractivity contribution in [3.05, 3.63) is 64.9 Å². The van der Waals surface area contributed by atoms with Gasteiger partial charge in [0.15, 0.2) is 0 Å². The van der Waals surface area contributed by atoms with E-state index in [1.165, 1.54) is 5.56 Å².